The topological polar surface area (TPSA) is 26.0 Å². The highest BCUT2D eigenvalue weighted by molar-refractivity contribution is 5.85. The molecule has 1 nitrogen and oxygen atoms in total. The van der Waals surface area contributed by atoms with Crippen LogP contribution in [0, 0.1) is 0 Å². The van der Waals surface area contributed by atoms with Crippen molar-refractivity contribution in [2.24, 2.45) is 5.73 Å². The van der Waals surface area contributed by atoms with Crippen molar-refractivity contribution in [2.75, 3.05) is 0 Å². The van der Waals surface area contributed by atoms with Gasteiger partial charge in [-0.2, -0.15) is 0 Å². The van der Waals surface area contributed by atoms with Crippen molar-refractivity contribution >= 4 is 10.8 Å². The van der Waals surface area contributed by atoms with Crippen LogP contribution in [0.1, 0.15) is 51.0 Å². The fourth-order valence-corrected chi connectivity index (χ4v) is 2.87. The first-order valence-electron chi connectivity index (χ1n) is 8.03. The van der Waals surface area contributed by atoms with Crippen LogP contribution in [-0.4, -0.2) is 6.04 Å². The second-order valence-electron chi connectivity index (χ2n) is 5.81. The first kappa shape index (κ1) is 15.1. The van der Waals surface area contributed by atoms with E-state index >= 15 is 0 Å². The molecule has 2 aromatic rings. The van der Waals surface area contributed by atoms with Crippen molar-refractivity contribution < 1.29 is 0 Å². The minimum Gasteiger partial charge on any atom is -0.327 e. The first-order valence-corrected chi connectivity index (χ1v) is 8.03. The van der Waals surface area contributed by atoms with Gasteiger partial charge in [0.15, 0.2) is 0 Å². The Labute approximate surface area is 123 Å². The van der Waals surface area contributed by atoms with E-state index in [0.29, 0.717) is 6.04 Å². The van der Waals surface area contributed by atoms with E-state index in [4.69, 9.17) is 5.73 Å². The van der Waals surface area contributed by atoms with Crippen LogP contribution in [0.3, 0.4) is 0 Å². The number of hydrogen-bond acceptors (Lipinski definition) is 1. The predicted molar refractivity (Wildman–Crippen MR) is 89.0 cm³/mol. The number of hydrogen-bond donors (Lipinski definition) is 1. The van der Waals surface area contributed by atoms with Gasteiger partial charge in [-0.25, -0.2) is 0 Å². The molecule has 0 saturated heterocycles. The minimum absolute atomic E-state index is 0.294. The maximum atomic E-state index is 6.31. The normalized spacial score (nSPS) is 12.7. The van der Waals surface area contributed by atoms with E-state index in [1.54, 1.807) is 0 Å². The SMILES string of the molecule is CCCCCCCC(N)Cc1cccc2ccccc12. The van der Waals surface area contributed by atoms with Crippen molar-refractivity contribution in [2.45, 2.75) is 57.9 Å². The third-order valence-corrected chi connectivity index (χ3v) is 4.04. The zero-order chi connectivity index (χ0) is 14.2. The molecular weight excluding hydrogens is 242 g/mol. The van der Waals surface area contributed by atoms with Gasteiger partial charge in [-0.3, -0.25) is 0 Å². The predicted octanol–water partition coefficient (Wildman–Crippen LogP) is 5.07. The van der Waals surface area contributed by atoms with Crippen LogP contribution in [0.5, 0.6) is 0 Å². The molecule has 1 unspecified atom stereocenters. The summed E-state index contributed by atoms with van der Waals surface area (Å²) in [6.45, 7) is 2.26. The zero-order valence-electron chi connectivity index (χ0n) is 12.6. The van der Waals surface area contributed by atoms with E-state index in [1.807, 2.05) is 0 Å². The van der Waals surface area contributed by atoms with E-state index in [1.165, 1.54) is 48.4 Å². The van der Waals surface area contributed by atoms with E-state index in [9.17, 15) is 0 Å². The average molecular weight is 269 g/mol. The van der Waals surface area contributed by atoms with Gasteiger partial charge in [-0.1, -0.05) is 81.5 Å². The summed E-state index contributed by atoms with van der Waals surface area (Å²) in [7, 11) is 0. The molecule has 0 fully saturated rings. The summed E-state index contributed by atoms with van der Waals surface area (Å²) in [5, 5.41) is 2.68. The average Bonchev–Trinajstić information content (AvgIpc) is 2.47. The van der Waals surface area contributed by atoms with Gasteiger partial charge in [0.2, 0.25) is 0 Å². The van der Waals surface area contributed by atoms with Crippen molar-refractivity contribution in [1.82, 2.24) is 0 Å². The number of unbranched alkanes of at least 4 members (excludes halogenated alkanes) is 4. The number of nitrogens with two attached hydrogens (primary N) is 1. The molecular formula is C19H27N. The first-order chi connectivity index (χ1) is 9.81. The fourth-order valence-electron chi connectivity index (χ4n) is 2.87. The van der Waals surface area contributed by atoms with Crippen LogP contribution in [0.15, 0.2) is 42.5 Å². The number of rotatable bonds is 8. The van der Waals surface area contributed by atoms with Crippen LogP contribution >= 0.6 is 0 Å². The van der Waals surface area contributed by atoms with Gasteiger partial charge in [-0.05, 0) is 29.2 Å². The van der Waals surface area contributed by atoms with Crippen molar-refractivity contribution in [1.29, 1.82) is 0 Å². The Morgan fingerprint density at radius 1 is 0.900 bits per heavy atom. The molecule has 108 valence electrons. The Balaban J connectivity index is 1.88. The summed E-state index contributed by atoms with van der Waals surface area (Å²) in [6.07, 6.45) is 8.77. The van der Waals surface area contributed by atoms with Crippen LogP contribution < -0.4 is 5.73 Å². The molecule has 0 amide bonds. The molecule has 2 aromatic carbocycles. The molecule has 2 rings (SSSR count). The minimum atomic E-state index is 0.294. The molecule has 0 bridgehead atoms. The third kappa shape index (κ3) is 4.35. The second kappa shape index (κ2) is 8.06. The van der Waals surface area contributed by atoms with Gasteiger partial charge in [0.05, 0.1) is 0 Å². The Hall–Kier alpha value is -1.34. The highest BCUT2D eigenvalue weighted by Gasteiger charge is 2.06. The number of benzene rings is 2. The lowest BCUT2D eigenvalue weighted by Crippen LogP contribution is -2.22. The third-order valence-electron chi connectivity index (χ3n) is 4.04. The maximum Gasteiger partial charge on any atom is 0.00795 e. The Morgan fingerprint density at radius 2 is 1.65 bits per heavy atom. The summed E-state index contributed by atoms with van der Waals surface area (Å²) in [4.78, 5) is 0. The lowest BCUT2D eigenvalue weighted by Gasteiger charge is -2.13. The Bertz CT molecular complexity index is 513. The Morgan fingerprint density at radius 3 is 2.50 bits per heavy atom. The molecule has 0 saturated carbocycles. The monoisotopic (exact) mass is 269 g/mol. The molecule has 0 aliphatic heterocycles. The molecule has 0 spiro atoms. The smallest absolute Gasteiger partial charge is 0.00795 e. The van der Waals surface area contributed by atoms with Crippen LogP contribution in [0.25, 0.3) is 10.8 Å². The molecule has 0 aliphatic carbocycles. The molecule has 0 aliphatic rings. The van der Waals surface area contributed by atoms with Gasteiger partial charge in [0.1, 0.15) is 0 Å². The largest absolute Gasteiger partial charge is 0.327 e. The lowest BCUT2D eigenvalue weighted by atomic mass is 9.96. The summed E-state index contributed by atoms with van der Waals surface area (Å²) in [6, 6.07) is 15.4. The molecule has 0 radical (unpaired) electrons. The van der Waals surface area contributed by atoms with Crippen LogP contribution in [0.2, 0.25) is 0 Å². The van der Waals surface area contributed by atoms with Gasteiger partial charge >= 0.3 is 0 Å². The zero-order valence-corrected chi connectivity index (χ0v) is 12.6. The van der Waals surface area contributed by atoms with Gasteiger partial charge in [0.25, 0.3) is 0 Å². The summed E-state index contributed by atoms with van der Waals surface area (Å²) < 4.78 is 0. The fraction of sp³-hybridized carbons (Fsp3) is 0.474. The van der Waals surface area contributed by atoms with Crippen LogP contribution in [0.4, 0.5) is 0 Å². The van der Waals surface area contributed by atoms with Gasteiger partial charge in [0, 0.05) is 6.04 Å². The molecule has 1 atom stereocenters. The summed E-state index contributed by atoms with van der Waals surface area (Å²) >= 11 is 0. The van der Waals surface area contributed by atoms with E-state index < -0.39 is 0 Å². The van der Waals surface area contributed by atoms with Crippen molar-refractivity contribution in [3.8, 4) is 0 Å². The number of fused-ring (bicyclic) bond motifs is 1. The van der Waals surface area contributed by atoms with E-state index in [0.717, 1.165) is 12.8 Å². The van der Waals surface area contributed by atoms with Crippen molar-refractivity contribution in [3.05, 3.63) is 48.0 Å². The maximum absolute atomic E-state index is 6.31. The highest BCUT2D eigenvalue weighted by Crippen LogP contribution is 2.20. The van der Waals surface area contributed by atoms with Crippen LogP contribution in [-0.2, 0) is 6.42 Å². The Kier molecular flexibility index (Phi) is 6.07. The molecule has 0 aromatic heterocycles. The molecule has 1 heteroatoms. The van der Waals surface area contributed by atoms with Crippen molar-refractivity contribution in [3.63, 3.8) is 0 Å². The standard InChI is InChI=1S/C19H27N/c1-2-3-4-5-6-13-18(20)15-17-12-9-11-16-10-7-8-14-19(16)17/h7-12,14,18H,2-6,13,15,20H2,1H3. The van der Waals surface area contributed by atoms with E-state index in [2.05, 4.69) is 49.4 Å². The quantitative estimate of drug-likeness (QED) is 0.665. The van der Waals surface area contributed by atoms with Gasteiger partial charge < -0.3 is 5.73 Å². The second-order valence-corrected chi connectivity index (χ2v) is 5.81. The summed E-state index contributed by atoms with van der Waals surface area (Å²) in [5.41, 5.74) is 7.70. The molecule has 0 heterocycles. The highest BCUT2D eigenvalue weighted by atomic mass is 14.6. The van der Waals surface area contributed by atoms with E-state index in [-0.39, 0.29) is 0 Å². The molecule has 2 N–H and O–H groups in total. The summed E-state index contributed by atoms with van der Waals surface area (Å²) in [5.74, 6) is 0. The molecule has 20 heavy (non-hydrogen) atoms. The lowest BCUT2D eigenvalue weighted by molar-refractivity contribution is 0.539. The van der Waals surface area contributed by atoms with Gasteiger partial charge in [-0.15, -0.1) is 0 Å².